The number of benzene rings is 1. The lowest BCUT2D eigenvalue weighted by Gasteiger charge is -2.38. The van der Waals surface area contributed by atoms with Crippen molar-refractivity contribution in [1.29, 1.82) is 0 Å². The van der Waals surface area contributed by atoms with Crippen molar-refractivity contribution in [3.05, 3.63) is 46.5 Å². The second-order valence-electron chi connectivity index (χ2n) is 5.03. The van der Waals surface area contributed by atoms with E-state index in [4.69, 9.17) is 17.3 Å². The number of nitrogens with two attached hydrogens (primary N) is 1. The van der Waals surface area contributed by atoms with Gasteiger partial charge in [-0.3, -0.25) is 9.69 Å². The van der Waals surface area contributed by atoms with Crippen molar-refractivity contribution in [2.75, 3.05) is 13.1 Å². The minimum atomic E-state index is -0.599. The molecule has 110 valence electrons. The van der Waals surface area contributed by atoms with Crippen LogP contribution in [0.2, 0.25) is 5.02 Å². The third-order valence-electron chi connectivity index (χ3n) is 3.48. The standard InChI is InChI=1S/C13H13ClFN5O/c14-9-1-2-11(15)8(3-9)4-19-5-10(6-19)20-7-12(13(16)21)17-18-20/h1-3,7,10H,4-6H2,(H2,16,21). The second-order valence-corrected chi connectivity index (χ2v) is 5.47. The second kappa shape index (κ2) is 5.42. The van der Waals surface area contributed by atoms with Gasteiger partial charge in [-0.15, -0.1) is 5.10 Å². The quantitative estimate of drug-likeness (QED) is 0.921. The summed E-state index contributed by atoms with van der Waals surface area (Å²) < 4.78 is 15.3. The van der Waals surface area contributed by atoms with Crippen LogP contribution in [0, 0.1) is 5.82 Å². The van der Waals surface area contributed by atoms with E-state index in [9.17, 15) is 9.18 Å². The first-order chi connectivity index (χ1) is 10.0. The third-order valence-corrected chi connectivity index (χ3v) is 3.71. The number of hydrogen-bond acceptors (Lipinski definition) is 4. The molecule has 0 unspecified atom stereocenters. The Morgan fingerprint density at radius 2 is 2.24 bits per heavy atom. The van der Waals surface area contributed by atoms with Gasteiger partial charge in [0.25, 0.3) is 5.91 Å². The number of carbonyl (C=O) groups excluding carboxylic acids is 1. The molecule has 0 bridgehead atoms. The van der Waals surface area contributed by atoms with Gasteiger partial charge < -0.3 is 5.73 Å². The number of likely N-dealkylation sites (tertiary alicyclic amines) is 1. The zero-order valence-corrected chi connectivity index (χ0v) is 11.8. The highest BCUT2D eigenvalue weighted by molar-refractivity contribution is 6.30. The maximum Gasteiger partial charge on any atom is 0.270 e. The van der Waals surface area contributed by atoms with E-state index in [0.717, 1.165) is 0 Å². The van der Waals surface area contributed by atoms with Gasteiger partial charge in [-0.25, -0.2) is 9.07 Å². The topological polar surface area (TPSA) is 77.0 Å². The lowest BCUT2D eigenvalue weighted by atomic mass is 10.1. The van der Waals surface area contributed by atoms with Gasteiger partial charge in [0.05, 0.1) is 12.2 Å². The maximum absolute atomic E-state index is 13.6. The molecule has 1 amide bonds. The zero-order valence-electron chi connectivity index (χ0n) is 11.0. The maximum atomic E-state index is 13.6. The largest absolute Gasteiger partial charge is 0.364 e. The van der Waals surface area contributed by atoms with Gasteiger partial charge in [-0.2, -0.15) is 0 Å². The molecule has 0 atom stereocenters. The predicted molar refractivity (Wildman–Crippen MR) is 74.3 cm³/mol. The first-order valence-electron chi connectivity index (χ1n) is 6.41. The number of nitrogens with zero attached hydrogens (tertiary/aromatic N) is 4. The molecule has 1 aliphatic heterocycles. The Morgan fingerprint density at radius 3 is 2.90 bits per heavy atom. The van der Waals surface area contributed by atoms with E-state index in [2.05, 4.69) is 15.2 Å². The summed E-state index contributed by atoms with van der Waals surface area (Å²) in [6.07, 6.45) is 1.53. The van der Waals surface area contributed by atoms with Crippen LogP contribution in [0.3, 0.4) is 0 Å². The molecule has 3 rings (SSSR count). The molecule has 0 spiro atoms. The summed E-state index contributed by atoms with van der Waals surface area (Å²) in [6.45, 7) is 1.89. The lowest BCUT2D eigenvalue weighted by Crippen LogP contribution is -2.47. The molecule has 6 nitrogen and oxygen atoms in total. The molecule has 1 aliphatic rings. The highest BCUT2D eigenvalue weighted by Gasteiger charge is 2.30. The van der Waals surface area contributed by atoms with E-state index < -0.39 is 5.91 Å². The van der Waals surface area contributed by atoms with Gasteiger partial charge in [-0.1, -0.05) is 16.8 Å². The lowest BCUT2D eigenvalue weighted by molar-refractivity contribution is 0.0884. The van der Waals surface area contributed by atoms with Crippen LogP contribution in [-0.2, 0) is 6.54 Å². The Labute approximate surface area is 125 Å². The average Bonchev–Trinajstić information content (AvgIpc) is 2.86. The minimum Gasteiger partial charge on any atom is -0.364 e. The van der Waals surface area contributed by atoms with Crippen LogP contribution in [0.15, 0.2) is 24.4 Å². The molecular formula is C13H13ClFN5O. The van der Waals surface area contributed by atoms with E-state index in [-0.39, 0.29) is 17.6 Å². The summed E-state index contributed by atoms with van der Waals surface area (Å²) >= 11 is 5.87. The van der Waals surface area contributed by atoms with Crippen molar-refractivity contribution in [3.63, 3.8) is 0 Å². The molecule has 1 aromatic carbocycles. The fourth-order valence-electron chi connectivity index (χ4n) is 2.31. The highest BCUT2D eigenvalue weighted by atomic mass is 35.5. The van der Waals surface area contributed by atoms with Crippen LogP contribution < -0.4 is 5.73 Å². The van der Waals surface area contributed by atoms with Crippen LogP contribution in [-0.4, -0.2) is 38.9 Å². The summed E-state index contributed by atoms with van der Waals surface area (Å²) in [5.74, 6) is -0.863. The first kappa shape index (κ1) is 14.0. The smallest absolute Gasteiger partial charge is 0.270 e. The zero-order chi connectivity index (χ0) is 15.0. The highest BCUT2D eigenvalue weighted by Crippen LogP contribution is 2.24. The molecule has 8 heteroatoms. The normalized spacial score (nSPS) is 15.9. The number of amides is 1. The fourth-order valence-corrected chi connectivity index (χ4v) is 2.51. The molecule has 0 saturated carbocycles. The molecule has 2 N–H and O–H groups in total. The minimum absolute atomic E-state index is 0.118. The summed E-state index contributed by atoms with van der Waals surface area (Å²) in [4.78, 5) is 13.0. The van der Waals surface area contributed by atoms with Gasteiger partial charge in [0.15, 0.2) is 5.69 Å². The average molecular weight is 310 g/mol. The Hall–Kier alpha value is -1.99. The van der Waals surface area contributed by atoms with E-state index >= 15 is 0 Å². The Morgan fingerprint density at radius 1 is 1.48 bits per heavy atom. The monoisotopic (exact) mass is 309 g/mol. The number of primary amides is 1. The fraction of sp³-hybridized carbons (Fsp3) is 0.308. The molecule has 1 aromatic heterocycles. The van der Waals surface area contributed by atoms with E-state index in [1.165, 1.54) is 18.3 Å². The van der Waals surface area contributed by atoms with Crippen LogP contribution in [0.25, 0.3) is 0 Å². The summed E-state index contributed by atoms with van der Waals surface area (Å²) in [5, 5.41) is 8.09. The van der Waals surface area contributed by atoms with Gasteiger partial charge >= 0.3 is 0 Å². The Balaban J connectivity index is 1.60. The van der Waals surface area contributed by atoms with Crippen molar-refractivity contribution >= 4 is 17.5 Å². The van der Waals surface area contributed by atoms with Crippen molar-refractivity contribution < 1.29 is 9.18 Å². The first-order valence-corrected chi connectivity index (χ1v) is 6.78. The van der Waals surface area contributed by atoms with Crippen molar-refractivity contribution in [3.8, 4) is 0 Å². The number of halogens is 2. The number of rotatable bonds is 4. The molecule has 1 saturated heterocycles. The molecule has 21 heavy (non-hydrogen) atoms. The SMILES string of the molecule is NC(=O)c1cn(C2CN(Cc3cc(Cl)ccc3F)C2)nn1. The van der Waals surface area contributed by atoms with Crippen molar-refractivity contribution in [2.24, 2.45) is 5.73 Å². The summed E-state index contributed by atoms with van der Waals surface area (Å²) in [7, 11) is 0. The van der Waals surface area contributed by atoms with E-state index in [1.807, 2.05) is 0 Å². The van der Waals surface area contributed by atoms with Crippen LogP contribution >= 0.6 is 11.6 Å². The van der Waals surface area contributed by atoms with Crippen molar-refractivity contribution in [1.82, 2.24) is 19.9 Å². The molecule has 1 fully saturated rings. The predicted octanol–water partition coefficient (Wildman–Crippen LogP) is 1.23. The number of carbonyl (C=O) groups is 1. The summed E-state index contributed by atoms with van der Waals surface area (Å²) in [6, 6.07) is 4.64. The van der Waals surface area contributed by atoms with Gasteiger partial charge in [0.2, 0.25) is 0 Å². The Bertz CT molecular complexity index is 683. The molecular weight excluding hydrogens is 297 g/mol. The van der Waals surface area contributed by atoms with E-state index in [0.29, 0.717) is 30.2 Å². The van der Waals surface area contributed by atoms with Crippen molar-refractivity contribution in [2.45, 2.75) is 12.6 Å². The van der Waals surface area contributed by atoms with Crippen LogP contribution in [0.4, 0.5) is 4.39 Å². The Kier molecular flexibility index (Phi) is 3.60. The van der Waals surface area contributed by atoms with Gasteiger partial charge in [0.1, 0.15) is 5.82 Å². The molecule has 2 aromatic rings. The van der Waals surface area contributed by atoms with Gasteiger partial charge in [-0.05, 0) is 18.2 Å². The molecule has 0 radical (unpaired) electrons. The van der Waals surface area contributed by atoms with Gasteiger partial charge in [0, 0.05) is 30.2 Å². The number of hydrogen-bond donors (Lipinski definition) is 1. The summed E-state index contributed by atoms with van der Waals surface area (Å²) in [5.41, 5.74) is 5.84. The number of aromatic nitrogens is 3. The third kappa shape index (κ3) is 2.88. The molecule has 0 aliphatic carbocycles. The van der Waals surface area contributed by atoms with E-state index in [1.54, 1.807) is 10.7 Å². The molecule has 2 heterocycles. The van der Waals surface area contributed by atoms with Crippen LogP contribution in [0.1, 0.15) is 22.1 Å². The van der Waals surface area contributed by atoms with Crippen LogP contribution in [0.5, 0.6) is 0 Å².